The topological polar surface area (TPSA) is 17.1 Å². The molecule has 0 unspecified atom stereocenters. The highest BCUT2D eigenvalue weighted by Gasteiger charge is 1.97. The van der Waals surface area contributed by atoms with Crippen molar-refractivity contribution >= 4 is 22.2 Å². The Labute approximate surface area is 74.6 Å². The number of aryl methyl sites for hydroxylation is 1. The van der Waals surface area contributed by atoms with E-state index in [0.29, 0.717) is 0 Å². The summed E-state index contributed by atoms with van der Waals surface area (Å²) in [6.07, 6.45) is 1.83. The van der Waals surface area contributed by atoms with Crippen LogP contribution in [0.3, 0.4) is 0 Å². The van der Waals surface area contributed by atoms with Crippen molar-refractivity contribution in [3.05, 3.63) is 33.8 Å². The summed E-state index contributed by atoms with van der Waals surface area (Å²) in [5, 5.41) is 0. The predicted octanol–water partition coefficient (Wildman–Crippen LogP) is 2.82. The number of carbonyl (C=O) groups is 1. The molecule has 1 nitrogen and oxygen atoms in total. The van der Waals surface area contributed by atoms with Gasteiger partial charge in [0.25, 0.3) is 0 Å². The van der Waals surface area contributed by atoms with Crippen LogP contribution in [0.5, 0.6) is 0 Å². The van der Waals surface area contributed by atoms with Crippen molar-refractivity contribution in [2.75, 3.05) is 0 Å². The van der Waals surface area contributed by atoms with Crippen LogP contribution in [0.2, 0.25) is 0 Å². The van der Waals surface area contributed by atoms with Crippen molar-refractivity contribution in [2.45, 2.75) is 13.3 Å². The van der Waals surface area contributed by atoms with Gasteiger partial charge in [-0.2, -0.15) is 0 Å². The molecular formula is C9H9BrO. The minimum absolute atomic E-state index is 0.726. The number of halogens is 1. The monoisotopic (exact) mass is 212 g/mol. The molecule has 0 atom stereocenters. The normalized spacial score (nSPS) is 9.64. The lowest BCUT2D eigenvalue weighted by atomic mass is 10.1. The molecule has 1 rings (SSSR count). The summed E-state index contributed by atoms with van der Waals surface area (Å²) >= 11 is 3.29. The van der Waals surface area contributed by atoms with Gasteiger partial charge in [0, 0.05) is 10.0 Å². The number of rotatable bonds is 2. The smallest absolute Gasteiger partial charge is 0.151 e. The van der Waals surface area contributed by atoms with Gasteiger partial charge in [-0.1, -0.05) is 28.9 Å². The molecule has 0 aliphatic heterocycles. The molecule has 0 radical (unpaired) electrons. The second kappa shape index (κ2) is 3.67. The van der Waals surface area contributed by atoms with Gasteiger partial charge in [-0.15, -0.1) is 0 Å². The maximum Gasteiger partial charge on any atom is 0.151 e. The molecule has 0 heterocycles. The van der Waals surface area contributed by atoms with Gasteiger partial charge in [0.2, 0.25) is 0 Å². The first-order valence-electron chi connectivity index (χ1n) is 3.51. The molecule has 0 saturated carbocycles. The molecule has 58 valence electrons. The predicted molar refractivity (Wildman–Crippen MR) is 48.9 cm³/mol. The highest BCUT2D eigenvalue weighted by atomic mass is 79.9. The van der Waals surface area contributed by atoms with Gasteiger partial charge in [-0.05, 0) is 24.1 Å². The highest BCUT2D eigenvalue weighted by Crippen LogP contribution is 2.16. The lowest BCUT2D eigenvalue weighted by Gasteiger charge is -1.98. The molecule has 0 aromatic heterocycles. The van der Waals surface area contributed by atoms with E-state index < -0.39 is 0 Å². The average Bonchev–Trinajstić information content (AvgIpc) is 2.05. The second-order valence-electron chi connectivity index (χ2n) is 2.33. The van der Waals surface area contributed by atoms with E-state index in [4.69, 9.17) is 0 Å². The Balaban J connectivity index is 3.12. The van der Waals surface area contributed by atoms with E-state index in [0.717, 1.165) is 22.7 Å². The first-order valence-corrected chi connectivity index (χ1v) is 4.31. The molecule has 0 saturated heterocycles. The molecule has 1 aromatic carbocycles. The zero-order valence-corrected chi connectivity index (χ0v) is 7.89. The molecule has 0 fully saturated rings. The molecule has 0 amide bonds. The summed E-state index contributed by atoms with van der Waals surface area (Å²) in [4.78, 5) is 10.5. The molecule has 0 spiro atoms. The third-order valence-electron chi connectivity index (χ3n) is 1.60. The summed E-state index contributed by atoms with van der Waals surface area (Å²) < 4.78 is 0.865. The second-order valence-corrected chi connectivity index (χ2v) is 3.18. The summed E-state index contributed by atoms with van der Waals surface area (Å²) in [5.41, 5.74) is 1.92. The Morgan fingerprint density at radius 2 is 2.27 bits per heavy atom. The molecule has 0 bridgehead atoms. The van der Waals surface area contributed by atoms with Crippen molar-refractivity contribution in [1.82, 2.24) is 0 Å². The lowest BCUT2D eigenvalue weighted by molar-refractivity contribution is 0.112. The van der Waals surface area contributed by atoms with Gasteiger partial charge in [-0.25, -0.2) is 0 Å². The van der Waals surface area contributed by atoms with E-state index in [1.54, 1.807) is 0 Å². The molecule has 2 heteroatoms. The Bertz CT molecular complexity index is 268. The average molecular weight is 213 g/mol. The van der Waals surface area contributed by atoms with E-state index in [-0.39, 0.29) is 0 Å². The fourth-order valence-corrected chi connectivity index (χ4v) is 1.24. The van der Waals surface area contributed by atoms with Gasteiger partial charge in [-0.3, -0.25) is 4.79 Å². The minimum Gasteiger partial charge on any atom is -0.298 e. The summed E-state index contributed by atoms with van der Waals surface area (Å²) in [6.45, 7) is 2.07. The largest absolute Gasteiger partial charge is 0.298 e. The zero-order chi connectivity index (χ0) is 8.27. The van der Waals surface area contributed by atoms with Crippen LogP contribution in [-0.2, 0) is 6.42 Å². The van der Waals surface area contributed by atoms with Crippen LogP contribution in [0.15, 0.2) is 22.7 Å². The maximum absolute atomic E-state index is 10.5. The number of hydrogen-bond acceptors (Lipinski definition) is 1. The number of benzene rings is 1. The van der Waals surface area contributed by atoms with E-state index in [1.165, 1.54) is 5.56 Å². The SMILES string of the molecule is CCc1ccc(Br)c(C=O)c1. The number of hydrogen-bond donors (Lipinski definition) is 0. The van der Waals surface area contributed by atoms with Crippen LogP contribution in [0.25, 0.3) is 0 Å². The Morgan fingerprint density at radius 3 is 2.82 bits per heavy atom. The van der Waals surface area contributed by atoms with Crippen LogP contribution in [-0.4, -0.2) is 6.29 Å². The van der Waals surface area contributed by atoms with Crippen LogP contribution in [0.4, 0.5) is 0 Å². The van der Waals surface area contributed by atoms with E-state index in [2.05, 4.69) is 22.9 Å². The fourth-order valence-electron chi connectivity index (χ4n) is 0.903. The Hall–Kier alpha value is -0.630. The number of aldehydes is 1. The van der Waals surface area contributed by atoms with Crippen molar-refractivity contribution in [3.63, 3.8) is 0 Å². The van der Waals surface area contributed by atoms with E-state index in [9.17, 15) is 4.79 Å². The standard InChI is InChI=1S/C9H9BrO/c1-2-7-3-4-9(10)8(5-7)6-11/h3-6H,2H2,1H3. The van der Waals surface area contributed by atoms with E-state index in [1.807, 2.05) is 18.2 Å². The zero-order valence-electron chi connectivity index (χ0n) is 6.30. The minimum atomic E-state index is 0.726. The van der Waals surface area contributed by atoms with Gasteiger partial charge in [0.1, 0.15) is 0 Å². The van der Waals surface area contributed by atoms with Crippen molar-refractivity contribution in [1.29, 1.82) is 0 Å². The maximum atomic E-state index is 10.5. The summed E-state index contributed by atoms with van der Waals surface area (Å²) in [6, 6.07) is 5.82. The molecule has 1 aromatic rings. The number of carbonyl (C=O) groups excluding carboxylic acids is 1. The van der Waals surface area contributed by atoms with Gasteiger partial charge >= 0.3 is 0 Å². The molecular weight excluding hydrogens is 204 g/mol. The van der Waals surface area contributed by atoms with Gasteiger partial charge < -0.3 is 0 Å². The van der Waals surface area contributed by atoms with Gasteiger partial charge in [0.05, 0.1) is 0 Å². The van der Waals surface area contributed by atoms with Crippen molar-refractivity contribution < 1.29 is 4.79 Å². The fraction of sp³-hybridized carbons (Fsp3) is 0.222. The van der Waals surface area contributed by atoms with Crippen molar-refractivity contribution in [2.24, 2.45) is 0 Å². The lowest BCUT2D eigenvalue weighted by Crippen LogP contribution is -1.86. The van der Waals surface area contributed by atoms with Crippen LogP contribution >= 0.6 is 15.9 Å². The molecule has 11 heavy (non-hydrogen) atoms. The van der Waals surface area contributed by atoms with E-state index >= 15 is 0 Å². The van der Waals surface area contributed by atoms with Crippen LogP contribution < -0.4 is 0 Å². The third-order valence-corrected chi connectivity index (χ3v) is 2.32. The Kier molecular flexibility index (Phi) is 2.83. The summed E-state index contributed by atoms with van der Waals surface area (Å²) in [5.74, 6) is 0. The summed E-state index contributed by atoms with van der Waals surface area (Å²) in [7, 11) is 0. The molecule has 0 aliphatic rings. The highest BCUT2D eigenvalue weighted by molar-refractivity contribution is 9.10. The quantitative estimate of drug-likeness (QED) is 0.690. The van der Waals surface area contributed by atoms with Crippen molar-refractivity contribution in [3.8, 4) is 0 Å². The molecule has 0 aliphatic carbocycles. The van der Waals surface area contributed by atoms with Gasteiger partial charge in [0.15, 0.2) is 6.29 Å². The van der Waals surface area contributed by atoms with Crippen LogP contribution in [0.1, 0.15) is 22.8 Å². The van der Waals surface area contributed by atoms with Crippen LogP contribution in [0, 0.1) is 0 Å². The Morgan fingerprint density at radius 1 is 1.55 bits per heavy atom. The third kappa shape index (κ3) is 1.90. The first-order chi connectivity index (χ1) is 5.27. The first kappa shape index (κ1) is 8.47. The molecule has 0 N–H and O–H groups in total.